The van der Waals surface area contributed by atoms with Crippen molar-refractivity contribution in [2.24, 2.45) is 0 Å². The van der Waals surface area contributed by atoms with Crippen molar-refractivity contribution in [3.63, 3.8) is 0 Å². The van der Waals surface area contributed by atoms with E-state index >= 15 is 0 Å². The standard InChI is InChI=1S/C6H13NO3S/c8-4-2-1-3-5(7-11)6(9)10/h5,7-8,11H,1-4H2,(H,9,10). The minimum Gasteiger partial charge on any atom is -0.480 e. The molecule has 0 saturated carbocycles. The van der Waals surface area contributed by atoms with E-state index in [1.54, 1.807) is 0 Å². The highest BCUT2D eigenvalue weighted by Crippen LogP contribution is 2.01. The Hall–Kier alpha value is -0.260. The number of aliphatic hydroxyl groups is 1. The predicted molar refractivity (Wildman–Crippen MR) is 44.5 cm³/mol. The second-order valence-electron chi connectivity index (χ2n) is 2.24. The van der Waals surface area contributed by atoms with Gasteiger partial charge in [0.2, 0.25) is 0 Å². The fourth-order valence-corrected chi connectivity index (χ4v) is 0.943. The highest BCUT2D eigenvalue weighted by atomic mass is 32.1. The van der Waals surface area contributed by atoms with Gasteiger partial charge in [-0.15, -0.1) is 0 Å². The molecule has 0 aromatic carbocycles. The van der Waals surface area contributed by atoms with Crippen LogP contribution >= 0.6 is 12.8 Å². The summed E-state index contributed by atoms with van der Waals surface area (Å²) >= 11 is 3.66. The van der Waals surface area contributed by atoms with Gasteiger partial charge in [-0.3, -0.25) is 9.52 Å². The Morgan fingerprint density at radius 1 is 1.55 bits per heavy atom. The molecule has 0 aromatic heterocycles. The summed E-state index contributed by atoms with van der Waals surface area (Å²) in [6, 6.07) is -0.607. The molecule has 0 bridgehead atoms. The Kier molecular flexibility index (Phi) is 6.30. The van der Waals surface area contributed by atoms with Crippen LogP contribution in [-0.2, 0) is 4.79 Å². The molecule has 0 radical (unpaired) electrons. The number of hydrogen-bond acceptors (Lipinski definition) is 4. The lowest BCUT2D eigenvalue weighted by Gasteiger charge is -2.08. The normalized spacial score (nSPS) is 12.9. The lowest BCUT2D eigenvalue weighted by Crippen LogP contribution is -2.30. The second kappa shape index (κ2) is 6.45. The Bertz CT molecular complexity index is 120. The van der Waals surface area contributed by atoms with Crippen molar-refractivity contribution in [2.45, 2.75) is 25.3 Å². The van der Waals surface area contributed by atoms with Gasteiger partial charge in [0.1, 0.15) is 6.04 Å². The molecule has 11 heavy (non-hydrogen) atoms. The summed E-state index contributed by atoms with van der Waals surface area (Å²) in [6.45, 7) is 0.110. The molecule has 0 rings (SSSR count). The van der Waals surface area contributed by atoms with E-state index in [1.165, 1.54) is 0 Å². The molecule has 66 valence electrons. The van der Waals surface area contributed by atoms with Crippen LogP contribution < -0.4 is 4.72 Å². The maximum Gasteiger partial charge on any atom is 0.321 e. The average molecular weight is 179 g/mol. The van der Waals surface area contributed by atoms with Gasteiger partial charge in [-0.2, -0.15) is 0 Å². The third-order valence-corrected chi connectivity index (χ3v) is 1.67. The van der Waals surface area contributed by atoms with Gasteiger partial charge in [0.05, 0.1) is 0 Å². The second-order valence-corrected chi connectivity index (χ2v) is 2.50. The van der Waals surface area contributed by atoms with Gasteiger partial charge in [0.15, 0.2) is 0 Å². The van der Waals surface area contributed by atoms with E-state index in [0.717, 1.165) is 0 Å². The summed E-state index contributed by atoms with van der Waals surface area (Å²) < 4.78 is 2.37. The first-order chi connectivity index (χ1) is 5.22. The molecule has 1 atom stereocenters. The van der Waals surface area contributed by atoms with E-state index in [-0.39, 0.29) is 6.61 Å². The van der Waals surface area contributed by atoms with Crippen molar-refractivity contribution in [2.75, 3.05) is 6.61 Å². The molecule has 0 spiro atoms. The highest BCUT2D eigenvalue weighted by Gasteiger charge is 2.13. The number of aliphatic carboxylic acids is 1. The molecule has 0 aliphatic carbocycles. The van der Waals surface area contributed by atoms with Crippen molar-refractivity contribution in [1.82, 2.24) is 4.72 Å². The van der Waals surface area contributed by atoms with Crippen LogP contribution in [0, 0.1) is 0 Å². The van der Waals surface area contributed by atoms with E-state index in [0.29, 0.717) is 19.3 Å². The highest BCUT2D eigenvalue weighted by molar-refractivity contribution is 7.78. The summed E-state index contributed by atoms with van der Waals surface area (Å²) in [5.41, 5.74) is 0. The fraction of sp³-hybridized carbons (Fsp3) is 0.833. The zero-order chi connectivity index (χ0) is 8.69. The molecule has 3 N–H and O–H groups in total. The first-order valence-electron chi connectivity index (χ1n) is 3.45. The SMILES string of the molecule is O=C(O)C(CCCCO)NS. The first kappa shape index (κ1) is 10.7. The average Bonchev–Trinajstić information content (AvgIpc) is 1.97. The van der Waals surface area contributed by atoms with E-state index in [9.17, 15) is 4.79 Å². The maximum atomic E-state index is 10.4. The molecule has 0 aromatic rings. The number of carboxylic acid groups (broad SMARTS) is 1. The van der Waals surface area contributed by atoms with Gasteiger partial charge in [-0.1, -0.05) is 12.8 Å². The Morgan fingerprint density at radius 2 is 2.18 bits per heavy atom. The van der Waals surface area contributed by atoms with Gasteiger partial charge < -0.3 is 10.2 Å². The van der Waals surface area contributed by atoms with Crippen molar-refractivity contribution < 1.29 is 15.0 Å². The van der Waals surface area contributed by atoms with E-state index in [1.807, 2.05) is 0 Å². The van der Waals surface area contributed by atoms with Gasteiger partial charge in [0.25, 0.3) is 0 Å². The number of carbonyl (C=O) groups is 1. The number of carboxylic acids is 1. The number of hydrogen-bond donors (Lipinski definition) is 4. The molecule has 0 aliphatic rings. The van der Waals surface area contributed by atoms with E-state index in [4.69, 9.17) is 10.2 Å². The van der Waals surface area contributed by atoms with Gasteiger partial charge in [0, 0.05) is 6.61 Å². The summed E-state index contributed by atoms with van der Waals surface area (Å²) in [6.07, 6.45) is 1.83. The molecular formula is C6H13NO3S. The van der Waals surface area contributed by atoms with E-state index in [2.05, 4.69) is 17.5 Å². The Morgan fingerprint density at radius 3 is 2.55 bits per heavy atom. The number of thiol groups is 1. The molecule has 0 aliphatic heterocycles. The molecule has 0 saturated heterocycles. The number of rotatable bonds is 6. The third kappa shape index (κ3) is 5.06. The molecule has 5 heteroatoms. The molecule has 0 amide bonds. The minimum absolute atomic E-state index is 0.110. The van der Waals surface area contributed by atoms with Crippen LogP contribution in [0.4, 0.5) is 0 Å². The van der Waals surface area contributed by atoms with Crippen molar-refractivity contribution in [1.29, 1.82) is 0 Å². The van der Waals surface area contributed by atoms with Crippen LogP contribution in [0.15, 0.2) is 0 Å². The topological polar surface area (TPSA) is 69.6 Å². The smallest absolute Gasteiger partial charge is 0.321 e. The van der Waals surface area contributed by atoms with Crippen LogP contribution in [0.5, 0.6) is 0 Å². The lowest BCUT2D eigenvalue weighted by molar-refractivity contribution is -0.139. The molecular weight excluding hydrogens is 166 g/mol. The minimum atomic E-state index is -0.905. The fourth-order valence-electron chi connectivity index (χ4n) is 0.704. The Balaban J connectivity index is 3.44. The predicted octanol–water partition coefficient (Wildman–Crippen LogP) is 0.0366. The first-order valence-corrected chi connectivity index (χ1v) is 3.90. The number of nitrogens with one attached hydrogen (secondary N) is 1. The molecule has 4 nitrogen and oxygen atoms in total. The number of aliphatic hydroxyl groups excluding tert-OH is 1. The van der Waals surface area contributed by atoms with Crippen LogP contribution in [-0.4, -0.2) is 28.8 Å². The zero-order valence-corrected chi connectivity index (χ0v) is 7.05. The van der Waals surface area contributed by atoms with E-state index < -0.39 is 12.0 Å². The van der Waals surface area contributed by atoms with Gasteiger partial charge in [-0.25, -0.2) is 0 Å². The summed E-state index contributed by atoms with van der Waals surface area (Å²) in [5.74, 6) is -0.905. The molecule has 0 fully saturated rings. The maximum absolute atomic E-state index is 10.4. The summed E-state index contributed by atoms with van der Waals surface area (Å²) in [4.78, 5) is 10.4. The van der Waals surface area contributed by atoms with Crippen LogP contribution in [0.2, 0.25) is 0 Å². The Labute approximate surface area is 71.2 Å². The summed E-state index contributed by atoms with van der Waals surface area (Å²) in [5, 5.41) is 16.9. The quantitative estimate of drug-likeness (QED) is 0.343. The lowest BCUT2D eigenvalue weighted by atomic mass is 10.1. The van der Waals surface area contributed by atoms with Crippen LogP contribution in [0.1, 0.15) is 19.3 Å². The molecule has 1 unspecified atom stereocenters. The van der Waals surface area contributed by atoms with Gasteiger partial charge >= 0.3 is 5.97 Å². The van der Waals surface area contributed by atoms with Gasteiger partial charge in [-0.05, 0) is 19.3 Å². The van der Waals surface area contributed by atoms with Crippen molar-refractivity contribution in [3.05, 3.63) is 0 Å². The third-order valence-electron chi connectivity index (χ3n) is 1.35. The van der Waals surface area contributed by atoms with Crippen molar-refractivity contribution in [3.8, 4) is 0 Å². The monoisotopic (exact) mass is 179 g/mol. The van der Waals surface area contributed by atoms with Crippen LogP contribution in [0.25, 0.3) is 0 Å². The zero-order valence-electron chi connectivity index (χ0n) is 6.16. The van der Waals surface area contributed by atoms with Crippen LogP contribution in [0.3, 0.4) is 0 Å². The molecule has 0 heterocycles. The number of unbranched alkanes of at least 4 members (excludes halogenated alkanes) is 1. The largest absolute Gasteiger partial charge is 0.480 e. The summed E-state index contributed by atoms with van der Waals surface area (Å²) in [7, 11) is 0. The van der Waals surface area contributed by atoms with Crippen molar-refractivity contribution >= 4 is 18.8 Å².